The monoisotopic (exact) mass is 292 g/mol. The van der Waals surface area contributed by atoms with Crippen LogP contribution in [0.1, 0.15) is 38.5 Å². The Morgan fingerprint density at radius 1 is 1.11 bits per heavy atom. The quantitative estimate of drug-likeness (QED) is 0.261. The van der Waals surface area contributed by atoms with Crippen molar-refractivity contribution in [3.05, 3.63) is 12.7 Å². The molecule has 0 saturated heterocycles. The van der Waals surface area contributed by atoms with Crippen LogP contribution in [-0.4, -0.2) is 34.3 Å². The van der Waals surface area contributed by atoms with Crippen molar-refractivity contribution in [2.75, 3.05) is 12.8 Å². The van der Waals surface area contributed by atoms with Gasteiger partial charge in [0.25, 0.3) is 0 Å². The molecule has 0 aliphatic heterocycles. The molecule has 0 aliphatic rings. The van der Waals surface area contributed by atoms with E-state index in [4.69, 9.17) is 14.5 Å². The minimum Gasteiger partial charge on any atom is -0.466 e. The fourth-order valence-corrected chi connectivity index (χ4v) is 1.83. The van der Waals surface area contributed by atoms with Crippen molar-refractivity contribution in [1.29, 1.82) is 0 Å². The highest BCUT2D eigenvalue weighted by atomic mass is 31.2. The molecule has 0 bridgehead atoms. The molecule has 0 heterocycles. The zero-order valence-corrected chi connectivity index (χ0v) is 11.8. The van der Waals surface area contributed by atoms with Gasteiger partial charge in [0.1, 0.15) is 0 Å². The molecule has 7 heteroatoms. The summed E-state index contributed by atoms with van der Waals surface area (Å²) in [4.78, 5) is 39.1. The molecule has 6 nitrogen and oxygen atoms in total. The molecule has 110 valence electrons. The molecule has 0 rings (SSSR count). The predicted octanol–water partition coefficient (Wildman–Crippen LogP) is 1.80. The molecule has 0 aromatic heterocycles. The Balaban J connectivity index is 3.39. The van der Waals surface area contributed by atoms with Gasteiger partial charge in [-0.2, -0.15) is 0 Å². The SMILES string of the molecule is C=CC(=O)CCCCCCOC(=O)CCP(=O)(O)O. The van der Waals surface area contributed by atoms with Gasteiger partial charge in [0, 0.05) is 6.42 Å². The first-order valence-electron chi connectivity index (χ1n) is 6.20. The summed E-state index contributed by atoms with van der Waals surface area (Å²) < 4.78 is 15.3. The van der Waals surface area contributed by atoms with Gasteiger partial charge < -0.3 is 14.5 Å². The average molecular weight is 292 g/mol. The van der Waals surface area contributed by atoms with Crippen LogP contribution in [0.25, 0.3) is 0 Å². The van der Waals surface area contributed by atoms with E-state index in [9.17, 15) is 14.2 Å². The van der Waals surface area contributed by atoms with Crippen LogP contribution >= 0.6 is 7.60 Å². The van der Waals surface area contributed by atoms with Crippen LogP contribution < -0.4 is 0 Å². The van der Waals surface area contributed by atoms with Crippen LogP contribution in [0.2, 0.25) is 0 Å². The Bertz CT molecular complexity index is 346. The Kier molecular flexibility index (Phi) is 9.39. The second-order valence-electron chi connectivity index (χ2n) is 4.19. The third-order valence-corrected chi connectivity index (χ3v) is 3.22. The molecule has 2 N–H and O–H groups in total. The second-order valence-corrected chi connectivity index (χ2v) is 5.97. The minimum absolute atomic E-state index is 0.0314. The number of carbonyl (C=O) groups excluding carboxylic acids is 2. The highest BCUT2D eigenvalue weighted by molar-refractivity contribution is 7.51. The normalized spacial score (nSPS) is 11.1. The van der Waals surface area contributed by atoms with Crippen LogP contribution in [0.4, 0.5) is 0 Å². The standard InChI is InChI=1S/C12H21O6P/c1-2-11(13)7-5-3-4-6-9-18-12(14)8-10-19(15,16)17/h2H,1,3-10H2,(H2,15,16,17). The number of esters is 1. The molecule has 19 heavy (non-hydrogen) atoms. The minimum atomic E-state index is -4.13. The lowest BCUT2D eigenvalue weighted by molar-refractivity contribution is -0.143. The van der Waals surface area contributed by atoms with E-state index in [-0.39, 0.29) is 18.8 Å². The fourth-order valence-electron chi connectivity index (χ4n) is 1.35. The van der Waals surface area contributed by atoms with Crippen LogP contribution in [0, 0.1) is 0 Å². The van der Waals surface area contributed by atoms with E-state index in [0.717, 1.165) is 19.3 Å². The second kappa shape index (κ2) is 9.89. The lowest BCUT2D eigenvalue weighted by Crippen LogP contribution is -2.08. The number of allylic oxidation sites excluding steroid dienone is 1. The lowest BCUT2D eigenvalue weighted by atomic mass is 10.1. The predicted molar refractivity (Wildman–Crippen MR) is 70.8 cm³/mol. The number of carbonyl (C=O) groups is 2. The van der Waals surface area contributed by atoms with Crippen molar-refractivity contribution in [2.45, 2.75) is 38.5 Å². The van der Waals surface area contributed by atoms with E-state index in [0.29, 0.717) is 12.8 Å². The van der Waals surface area contributed by atoms with Crippen molar-refractivity contribution in [1.82, 2.24) is 0 Å². The first kappa shape index (κ1) is 18.0. The van der Waals surface area contributed by atoms with Gasteiger partial charge in [-0.15, -0.1) is 0 Å². The van der Waals surface area contributed by atoms with Gasteiger partial charge in [0.2, 0.25) is 0 Å². The zero-order valence-electron chi connectivity index (χ0n) is 10.9. The van der Waals surface area contributed by atoms with Crippen molar-refractivity contribution >= 4 is 19.3 Å². The highest BCUT2D eigenvalue weighted by Crippen LogP contribution is 2.34. The van der Waals surface area contributed by atoms with E-state index in [1.165, 1.54) is 6.08 Å². The highest BCUT2D eigenvalue weighted by Gasteiger charge is 2.15. The molecule has 0 aromatic rings. The third-order valence-electron chi connectivity index (χ3n) is 2.42. The molecular formula is C12H21O6P. The van der Waals surface area contributed by atoms with Crippen LogP contribution in [0.3, 0.4) is 0 Å². The van der Waals surface area contributed by atoms with E-state index in [1.54, 1.807) is 0 Å². The molecule has 0 amide bonds. The summed E-state index contributed by atoms with van der Waals surface area (Å²) in [7, 11) is -4.13. The van der Waals surface area contributed by atoms with Gasteiger partial charge in [-0.1, -0.05) is 19.4 Å². The maximum atomic E-state index is 11.1. The Labute approximate surface area is 113 Å². The molecule has 0 radical (unpaired) electrons. The molecular weight excluding hydrogens is 271 g/mol. The maximum Gasteiger partial charge on any atom is 0.326 e. The first-order chi connectivity index (χ1) is 8.85. The fraction of sp³-hybridized carbons (Fsp3) is 0.667. The van der Waals surface area contributed by atoms with E-state index in [1.807, 2.05) is 0 Å². The molecule has 0 fully saturated rings. The molecule has 0 saturated carbocycles. The van der Waals surface area contributed by atoms with Gasteiger partial charge in [-0.25, -0.2) is 0 Å². The van der Waals surface area contributed by atoms with E-state index in [2.05, 4.69) is 6.58 Å². The number of hydrogen-bond donors (Lipinski definition) is 2. The zero-order chi connectivity index (χ0) is 14.7. The van der Waals surface area contributed by atoms with Gasteiger partial charge in [0.05, 0.1) is 19.2 Å². The molecule has 0 aromatic carbocycles. The summed E-state index contributed by atoms with van der Waals surface area (Å²) in [6.45, 7) is 3.63. The number of ether oxygens (including phenoxy) is 1. The Morgan fingerprint density at radius 3 is 2.32 bits per heavy atom. The van der Waals surface area contributed by atoms with Crippen molar-refractivity contribution < 1.29 is 28.7 Å². The van der Waals surface area contributed by atoms with Gasteiger partial charge >= 0.3 is 13.6 Å². The van der Waals surface area contributed by atoms with Crippen LogP contribution in [0.5, 0.6) is 0 Å². The van der Waals surface area contributed by atoms with Crippen molar-refractivity contribution in [3.8, 4) is 0 Å². The lowest BCUT2D eigenvalue weighted by Gasteiger charge is -2.05. The molecule has 0 aliphatic carbocycles. The third kappa shape index (κ3) is 13.3. The first-order valence-corrected chi connectivity index (χ1v) is 8.00. The molecule has 0 atom stereocenters. The summed E-state index contributed by atoms with van der Waals surface area (Å²) >= 11 is 0. The van der Waals surface area contributed by atoms with Crippen LogP contribution in [0.15, 0.2) is 12.7 Å². The molecule has 0 spiro atoms. The molecule has 0 unspecified atom stereocenters. The van der Waals surface area contributed by atoms with E-state index < -0.39 is 19.7 Å². The summed E-state index contributed by atoms with van der Waals surface area (Å²) in [5.74, 6) is -0.561. The average Bonchev–Trinajstić information content (AvgIpc) is 2.34. The largest absolute Gasteiger partial charge is 0.466 e. The number of ketones is 1. The number of rotatable bonds is 11. The summed E-state index contributed by atoms with van der Waals surface area (Å²) in [6, 6.07) is 0. The summed E-state index contributed by atoms with van der Waals surface area (Å²) in [6.07, 6.45) is 4.25. The number of hydrogen-bond acceptors (Lipinski definition) is 4. The van der Waals surface area contributed by atoms with Gasteiger partial charge in [-0.3, -0.25) is 14.2 Å². The smallest absolute Gasteiger partial charge is 0.326 e. The van der Waals surface area contributed by atoms with Crippen LogP contribution in [-0.2, 0) is 18.9 Å². The van der Waals surface area contributed by atoms with Gasteiger partial charge in [0.15, 0.2) is 5.78 Å². The Hall–Kier alpha value is -0.970. The van der Waals surface area contributed by atoms with Gasteiger partial charge in [-0.05, 0) is 18.9 Å². The Morgan fingerprint density at radius 2 is 1.74 bits per heavy atom. The summed E-state index contributed by atoms with van der Waals surface area (Å²) in [5, 5.41) is 0. The number of unbranched alkanes of at least 4 members (excludes halogenated alkanes) is 3. The van der Waals surface area contributed by atoms with Crippen molar-refractivity contribution in [2.24, 2.45) is 0 Å². The topological polar surface area (TPSA) is 101 Å². The maximum absolute atomic E-state index is 11.1. The summed E-state index contributed by atoms with van der Waals surface area (Å²) in [5.41, 5.74) is 0. The van der Waals surface area contributed by atoms with Crippen molar-refractivity contribution in [3.63, 3.8) is 0 Å². The van der Waals surface area contributed by atoms with E-state index >= 15 is 0 Å².